The van der Waals surface area contributed by atoms with E-state index >= 15 is 0 Å². The zero-order chi connectivity index (χ0) is 25.7. The number of aryl methyl sites for hydroxylation is 2. The van der Waals surface area contributed by atoms with Gasteiger partial charge in [0.1, 0.15) is 10.4 Å². The second kappa shape index (κ2) is 8.99. The first-order valence-electron chi connectivity index (χ1n) is 11.2. The maximum Gasteiger partial charge on any atom is 0.264 e. The predicted octanol–water partition coefficient (Wildman–Crippen LogP) is 5.59. The van der Waals surface area contributed by atoms with Crippen LogP contribution < -0.4 is 19.4 Å². The molecular formula is C25H25N5O3S3. The van der Waals surface area contributed by atoms with Crippen LogP contribution in [0.4, 0.5) is 17.3 Å². The lowest BCUT2D eigenvalue weighted by molar-refractivity contribution is 0.415. The van der Waals surface area contributed by atoms with Crippen LogP contribution in [0.3, 0.4) is 0 Å². The second-order valence-corrected chi connectivity index (χ2v) is 12.8. The smallest absolute Gasteiger partial charge is 0.264 e. The van der Waals surface area contributed by atoms with Gasteiger partial charge in [0.25, 0.3) is 10.0 Å². The zero-order valence-corrected chi connectivity index (χ0v) is 22.9. The van der Waals surface area contributed by atoms with Crippen LogP contribution in [-0.4, -0.2) is 25.5 Å². The second-order valence-electron chi connectivity index (χ2n) is 9.02. The molecule has 186 valence electrons. The van der Waals surface area contributed by atoms with Crippen molar-refractivity contribution in [3.8, 4) is 16.9 Å². The van der Waals surface area contributed by atoms with Crippen LogP contribution in [-0.2, 0) is 15.6 Å². The summed E-state index contributed by atoms with van der Waals surface area (Å²) in [7, 11) is 1.11. The average Bonchev–Trinajstić information content (AvgIpc) is 3.23. The number of rotatable bonds is 5. The molecule has 8 nitrogen and oxygen atoms in total. The number of hydrogen-bond acceptors (Lipinski definition) is 9. The molecule has 2 aromatic heterocycles. The molecule has 1 aliphatic rings. The molecule has 1 aliphatic heterocycles. The molecule has 0 fully saturated rings. The monoisotopic (exact) mass is 539 g/mol. The van der Waals surface area contributed by atoms with Gasteiger partial charge in [0.15, 0.2) is 0 Å². The number of aromatic nitrogens is 2. The van der Waals surface area contributed by atoms with E-state index in [2.05, 4.69) is 33.9 Å². The number of nitrogens with one attached hydrogen (secondary N) is 2. The van der Waals surface area contributed by atoms with Gasteiger partial charge in [0.05, 0.1) is 28.1 Å². The van der Waals surface area contributed by atoms with Gasteiger partial charge in [-0.15, -0.1) is 0 Å². The first kappa shape index (κ1) is 24.4. The van der Waals surface area contributed by atoms with E-state index in [1.807, 2.05) is 18.2 Å². The summed E-state index contributed by atoms with van der Waals surface area (Å²) >= 11 is 0. The molecule has 0 saturated carbocycles. The lowest BCUT2D eigenvalue weighted by Crippen LogP contribution is -2.31. The van der Waals surface area contributed by atoms with Crippen molar-refractivity contribution in [2.24, 2.45) is 4.99 Å². The standard InChI is InChI=1S/C25H25N5O3S3/c1-14-12-15(2)27-24(26-14)30-36(31,32)18-9-6-16(7-10-18)28-23-21-19-13-17(33-5)8-11-20(19)29-25(3,4)22(21)34-35-23/h6-13,29H,1-5H3,(H,26,27,30). The Labute approximate surface area is 217 Å². The Bertz CT molecular complexity index is 1620. The van der Waals surface area contributed by atoms with Gasteiger partial charge in [0, 0.05) is 28.2 Å². The summed E-state index contributed by atoms with van der Waals surface area (Å²) < 4.78 is 34.5. The number of ether oxygens (including phenoxy) is 1. The minimum absolute atomic E-state index is 0.0540. The number of anilines is 2. The normalized spacial score (nSPS) is 14.5. The Morgan fingerprint density at radius 1 is 1.00 bits per heavy atom. The van der Waals surface area contributed by atoms with E-state index in [1.54, 1.807) is 59.8 Å². The topological polar surface area (TPSA) is 106 Å². The summed E-state index contributed by atoms with van der Waals surface area (Å²) in [6.45, 7) is 7.88. The van der Waals surface area contributed by atoms with Gasteiger partial charge in [-0.05, 0) is 76.2 Å². The van der Waals surface area contributed by atoms with Crippen LogP contribution in [0.1, 0.15) is 30.1 Å². The fraction of sp³-hybridized carbons (Fsp3) is 0.240. The molecule has 5 rings (SSSR count). The summed E-state index contributed by atoms with van der Waals surface area (Å²) in [5.41, 5.74) is 4.93. The third-order valence-electron chi connectivity index (χ3n) is 5.74. The summed E-state index contributed by atoms with van der Waals surface area (Å²) in [6, 6.07) is 14.2. The SMILES string of the molecule is COc1ccc2c(c1)-c1c(ssc1=Nc1ccc(S(=O)(=O)Nc3nc(C)cc(C)n3)cc1)C(C)(C)N2. The first-order chi connectivity index (χ1) is 17.1. The molecule has 0 amide bonds. The van der Waals surface area contributed by atoms with E-state index in [4.69, 9.17) is 9.73 Å². The maximum atomic E-state index is 12.9. The van der Waals surface area contributed by atoms with Crippen molar-refractivity contribution in [1.82, 2.24) is 9.97 Å². The van der Waals surface area contributed by atoms with E-state index in [9.17, 15) is 8.42 Å². The number of sulfonamides is 1. The van der Waals surface area contributed by atoms with Gasteiger partial charge in [-0.3, -0.25) is 0 Å². The summed E-state index contributed by atoms with van der Waals surface area (Å²) in [5.74, 6) is 0.830. The average molecular weight is 540 g/mol. The maximum absolute atomic E-state index is 12.9. The Morgan fingerprint density at radius 2 is 1.69 bits per heavy atom. The number of hydrogen-bond donors (Lipinski definition) is 2. The highest BCUT2D eigenvalue weighted by atomic mass is 32.9. The zero-order valence-electron chi connectivity index (χ0n) is 20.4. The highest BCUT2D eigenvalue weighted by Gasteiger charge is 2.33. The molecule has 0 saturated heterocycles. The van der Waals surface area contributed by atoms with Crippen LogP contribution in [0.25, 0.3) is 11.1 Å². The van der Waals surface area contributed by atoms with Crippen molar-refractivity contribution in [2.75, 3.05) is 17.1 Å². The first-order valence-corrected chi connectivity index (χ1v) is 14.8. The van der Waals surface area contributed by atoms with Gasteiger partial charge < -0.3 is 10.1 Å². The highest BCUT2D eigenvalue weighted by molar-refractivity contribution is 7.92. The van der Waals surface area contributed by atoms with Crippen molar-refractivity contribution >= 4 is 48.0 Å². The van der Waals surface area contributed by atoms with E-state index in [1.165, 1.54) is 17.0 Å². The van der Waals surface area contributed by atoms with Crippen molar-refractivity contribution in [2.45, 2.75) is 38.1 Å². The molecular weight excluding hydrogens is 515 g/mol. The van der Waals surface area contributed by atoms with Crippen molar-refractivity contribution < 1.29 is 13.2 Å². The van der Waals surface area contributed by atoms with E-state index in [0.29, 0.717) is 17.1 Å². The summed E-state index contributed by atoms with van der Waals surface area (Å²) in [5, 5.41) is 3.61. The fourth-order valence-corrected chi connectivity index (χ4v) is 8.00. The number of benzene rings is 2. The molecule has 0 bridgehead atoms. The Kier molecular flexibility index (Phi) is 6.09. The molecule has 0 aliphatic carbocycles. The molecule has 0 radical (unpaired) electrons. The molecule has 3 heterocycles. The van der Waals surface area contributed by atoms with Crippen LogP contribution in [0.15, 0.2) is 58.4 Å². The molecule has 36 heavy (non-hydrogen) atoms. The van der Waals surface area contributed by atoms with Gasteiger partial charge in [-0.25, -0.2) is 28.1 Å². The number of methoxy groups -OCH3 is 1. The van der Waals surface area contributed by atoms with E-state index < -0.39 is 10.0 Å². The van der Waals surface area contributed by atoms with Gasteiger partial charge in [-0.1, -0.05) is 20.7 Å². The van der Waals surface area contributed by atoms with Gasteiger partial charge >= 0.3 is 0 Å². The van der Waals surface area contributed by atoms with Crippen LogP contribution in [0.5, 0.6) is 5.75 Å². The quantitative estimate of drug-likeness (QED) is 0.321. The number of fused-ring (bicyclic) bond motifs is 3. The number of nitrogens with zero attached hydrogens (tertiary/aromatic N) is 3. The summed E-state index contributed by atoms with van der Waals surface area (Å²) in [4.78, 5) is 14.5. The van der Waals surface area contributed by atoms with Crippen molar-refractivity contribution in [3.05, 3.63) is 69.5 Å². The Hall–Kier alpha value is -3.28. The van der Waals surface area contributed by atoms with Gasteiger partial charge in [-0.2, -0.15) is 0 Å². The Morgan fingerprint density at radius 3 is 2.36 bits per heavy atom. The molecule has 0 atom stereocenters. The third kappa shape index (κ3) is 4.61. The Balaban J connectivity index is 1.51. The minimum Gasteiger partial charge on any atom is -0.497 e. The molecule has 0 spiro atoms. The third-order valence-corrected chi connectivity index (χ3v) is 9.73. The highest BCUT2D eigenvalue weighted by Crippen LogP contribution is 2.46. The summed E-state index contributed by atoms with van der Waals surface area (Å²) in [6.07, 6.45) is 0. The minimum atomic E-state index is -3.84. The molecule has 2 aromatic carbocycles. The van der Waals surface area contributed by atoms with Crippen LogP contribution >= 0.6 is 20.7 Å². The fourth-order valence-electron chi connectivity index (χ4n) is 4.12. The van der Waals surface area contributed by atoms with Crippen molar-refractivity contribution in [3.63, 3.8) is 0 Å². The van der Waals surface area contributed by atoms with E-state index in [-0.39, 0.29) is 16.4 Å². The largest absolute Gasteiger partial charge is 0.497 e. The molecule has 2 N–H and O–H groups in total. The molecule has 0 unspecified atom stereocenters. The lowest BCUT2D eigenvalue weighted by Gasteiger charge is -2.33. The van der Waals surface area contributed by atoms with E-state index in [0.717, 1.165) is 27.2 Å². The van der Waals surface area contributed by atoms with Crippen molar-refractivity contribution in [1.29, 1.82) is 0 Å². The van der Waals surface area contributed by atoms with Crippen LogP contribution in [0.2, 0.25) is 0 Å². The van der Waals surface area contributed by atoms with Gasteiger partial charge in [0.2, 0.25) is 5.95 Å². The lowest BCUT2D eigenvalue weighted by atomic mass is 9.90. The predicted molar refractivity (Wildman–Crippen MR) is 145 cm³/mol. The van der Waals surface area contributed by atoms with Crippen LogP contribution in [0, 0.1) is 13.8 Å². The molecule has 11 heteroatoms. The molecule has 4 aromatic rings.